The summed E-state index contributed by atoms with van der Waals surface area (Å²) < 4.78 is 0. The molecule has 0 saturated heterocycles. The van der Waals surface area contributed by atoms with Gasteiger partial charge in [-0.05, 0) is 38.5 Å². The van der Waals surface area contributed by atoms with Crippen molar-refractivity contribution >= 4 is 35.6 Å². The Balaban J connectivity index is 5.05. The zero-order valence-electron chi connectivity index (χ0n) is 21.2. The van der Waals surface area contributed by atoms with E-state index in [2.05, 4.69) is 25.9 Å². The van der Waals surface area contributed by atoms with E-state index in [1.54, 1.807) is 6.92 Å². The van der Waals surface area contributed by atoms with Crippen LogP contribution < -0.4 is 44.6 Å². The van der Waals surface area contributed by atoms with Gasteiger partial charge in [-0.25, -0.2) is 4.79 Å². The van der Waals surface area contributed by atoms with E-state index in [1.807, 2.05) is 6.92 Å². The molecule has 0 aliphatic rings. The lowest BCUT2D eigenvalue weighted by Gasteiger charge is -2.27. The lowest BCUT2D eigenvalue weighted by Crippen LogP contribution is -2.58. The summed E-state index contributed by atoms with van der Waals surface area (Å²) >= 11 is 0. The van der Waals surface area contributed by atoms with E-state index in [1.165, 1.54) is 6.92 Å². The molecule has 5 atom stereocenters. The van der Waals surface area contributed by atoms with Gasteiger partial charge in [0.15, 0.2) is 11.9 Å². The molecule has 0 bridgehead atoms. The number of nitrogens with one attached hydrogen (secondary N) is 3. The molecule has 0 aromatic rings. The normalized spacial score (nSPS) is 14.8. The Labute approximate surface area is 211 Å². The van der Waals surface area contributed by atoms with Crippen LogP contribution in [0, 0.1) is 5.92 Å². The Hall–Kier alpha value is -3.62. The molecule has 206 valence electrons. The zero-order chi connectivity index (χ0) is 27.8. The monoisotopic (exact) mass is 514 g/mol. The first kappa shape index (κ1) is 32.4. The maximum Gasteiger partial charge on any atom is 0.326 e. The van der Waals surface area contributed by atoms with Crippen molar-refractivity contribution in [2.75, 3.05) is 13.1 Å². The second-order valence-electron chi connectivity index (χ2n) is 8.51. The van der Waals surface area contributed by atoms with Crippen molar-refractivity contribution in [2.24, 2.45) is 44.6 Å². The van der Waals surface area contributed by atoms with Crippen molar-refractivity contribution in [3.05, 3.63) is 0 Å². The number of amides is 3. The van der Waals surface area contributed by atoms with Crippen molar-refractivity contribution in [3.8, 4) is 0 Å². The quantitative estimate of drug-likeness (QED) is 0.0539. The highest BCUT2D eigenvalue weighted by Crippen LogP contribution is 2.10. The Morgan fingerprint density at radius 3 is 1.81 bits per heavy atom. The number of nitrogens with zero attached hydrogens (tertiary/aromatic N) is 2. The maximum atomic E-state index is 12.9. The Morgan fingerprint density at radius 2 is 1.33 bits per heavy atom. The van der Waals surface area contributed by atoms with Crippen molar-refractivity contribution < 1.29 is 24.3 Å². The Kier molecular flexibility index (Phi) is 15.2. The first-order valence-corrected chi connectivity index (χ1v) is 11.8. The van der Waals surface area contributed by atoms with Crippen LogP contribution >= 0.6 is 0 Å². The summed E-state index contributed by atoms with van der Waals surface area (Å²) in [6, 6.07) is -4.08. The van der Waals surface area contributed by atoms with Crippen LogP contribution in [0.5, 0.6) is 0 Å². The number of aliphatic imine (C=N–C) groups is 2. The molecule has 0 fully saturated rings. The summed E-state index contributed by atoms with van der Waals surface area (Å²) in [5.41, 5.74) is 26.8. The van der Waals surface area contributed by atoms with Gasteiger partial charge < -0.3 is 49.7 Å². The van der Waals surface area contributed by atoms with Gasteiger partial charge in [-0.2, -0.15) is 0 Å². The van der Waals surface area contributed by atoms with Gasteiger partial charge in [-0.15, -0.1) is 0 Å². The van der Waals surface area contributed by atoms with E-state index in [-0.39, 0.29) is 30.8 Å². The third-order valence-electron chi connectivity index (χ3n) is 5.41. The highest BCUT2D eigenvalue weighted by atomic mass is 16.4. The lowest BCUT2D eigenvalue weighted by atomic mass is 9.97. The minimum Gasteiger partial charge on any atom is -0.480 e. The third kappa shape index (κ3) is 13.3. The Morgan fingerprint density at radius 1 is 0.806 bits per heavy atom. The number of nitrogens with two attached hydrogens (primary N) is 5. The fourth-order valence-electron chi connectivity index (χ4n) is 3.04. The number of rotatable bonds is 17. The highest BCUT2D eigenvalue weighted by molar-refractivity contribution is 5.94. The van der Waals surface area contributed by atoms with Gasteiger partial charge in [0, 0.05) is 13.1 Å². The average molecular weight is 515 g/mol. The van der Waals surface area contributed by atoms with Crippen molar-refractivity contribution in [3.63, 3.8) is 0 Å². The minimum absolute atomic E-state index is 0.0566. The second-order valence-corrected chi connectivity index (χ2v) is 8.51. The first-order chi connectivity index (χ1) is 16.8. The predicted molar refractivity (Wildman–Crippen MR) is 136 cm³/mol. The molecule has 15 nitrogen and oxygen atoms in total. The molecule has 0 aliphatic heterocycles. The van der Waals surface area contributed by atoms with Crippen molar-refractivity contribution in [1.82, 2.24) is 16.0 Å². The van der Waals surface area contributed by atoms with E-state index in [9.17, 15) is 24.3 Å². The number of carboxylic acid groups (broad SMARTS) is 1. The summed E-state index contributed by atoms with van der Waals surface area (Å²) in [5, 5.41) is 17.0. The van der Waals surface area contributed by atoms with Gasteiger partial charge in [0.05, 0.1) is 6.04 Å². The molecule has 0 aromatic carbocycles. The topological polar surface area (TPSA) is 279 Å². The van der Waals surface area contributed by atoms with Crippen molar-refractivity contribution in [1.29, 1.82) is 0 Å². The van der Waals surface area contributed by atoms with Crippen LogP contribution in [-0.2, 0) is 19.2 Å². The van der Waals surface area contributed by atoms with E-state index >= 15 is 0 Å². The summed E-state index contributed by atoms with van der Waals surface area (Å²) in [6.07, 6.45) is 1.72. The lowest BCUT2D eigenvalue weighted by molar-refractivity contribution is -0.142. The maximum absolute atomic E-state index is 12.9. The molecule has 0 spiro atoms. The van der Waals surface area contributed by atoms with Gasteiger partial charge in [0.25, 0.3) is 0 Å². The standard InChI is InChI=1S/C21H42N10O5/c1-4-11(2)15(18(34)30-14(19(35)36)8-6-10-28-21(25)26)31-16(32)12(3)29-17(33)13(22)7-5-9-27-20(23)24/h11-15H,4-10,22H2,1-3H3,(H,29,33)(H,30,34)(H,31,32)(H,35,36)(H4,23,24,27)(H4,25,26,28). The van der Waals surface area contributed by atoms with E-state index in [4.69, 9.17) is 28.7 Å². The largest absolute Gasteiger partial charge is 0.480 e. The number of aliphatic carboxylic acids is 1. The average Bonchev–Trinajstić information content (AvgIpc) is 2.80. The SMILES string of the molecule is CCC(C)C(NC(=O)C(C)NC(=O)C(N)CCCN=C(N)N)C(=O)NC(CCCN=C(N)N)C(=O)O. The summed E-state index contributed by atoms with van der Waals surface area (Å²) in [4.78, 5) is 57.1. The summed E-state index contributed by atoms with van der Waals surface area (Å²) in [6.45, 7) is 5.55. The van der Waals surface area contributed by atoms with Gasteiger partial charge in [-0.3, -0.25) is 24.4 Å². The fourth-order valence-corrected chi connectivity index (χ4v) is 3.04. The van der Waals surface area contributed by atoms with Crippen LogP contribution in [0.1, 0.15) is 52.9 Å². The van der Waals surface area contributed by atoms with Crippen LogP contribution in [0.3, 0.4) is 0 Å². The molecule has 3 amide bonds. The van der Waals surface area contributed by atoms with Crippen LogP contribution in [0.2, 0.25) is 0 Å². The minimum atomic E-state index is -1.23. The molecule has 5 unspecified atom stereocenters. The number of guanidine groups is 2. The molecule has 14 N–H and O–H groups in total. The van der Waals surface area contributed by atoms with Crippen molar-refractivity contribution in [2.45, 2.75) is 77.0 Å². The number of hydrogen-bond donors (Lipinski definition) is 9. The first-order valence-electron chi connectivity index (χ1n) is 11.8. The molecule has 0 saturated carbocycles. The van der Waals surface area contributed by atoms with Gasteiger partial charge in [-0.1, -0.05) is 20.3 Å². The molecule has 15 heteroatoms. The predicted octanol–water partition coefficient (Wildman–Crippen LogP) is -2.97. The smallest absolute Gasteiger partial charge is 0.326 e. The van der Waals surface area contributed by atoms with Gasteiger partial charge >= 0.3 is 5.97 Å². The number of carbonyl (C=O) groups is 4. The Bertz CT molecular complexity index is 796. The van der Waals surface area contributed by atoms with Crippen LogP contribution in [-0.4, -0.2) is 78.0 Å². The fraction of sp³-hybridized carbons (Fsp3) is 0.714. The van der Waals surface area contributed by atoms with E-state index in [0.717, 1.165) is 0 Å². The molecular formula is C21H42N10O5. The summed E-state index contributed by atoms with van der Waals surface area (Å²) in [5.74, 6) is -3.52. The highest BCUT2D eigenvalue weighted by Gasteiger charge is 2.31. The summed E-state index contributed by atoms with van der Waals surface area (Å²) in [7, 11) is 0. The number of hydrogen-bond acceptors (Lipinski definition) is 7. The van der Waals surface area contributed by atoms with Crippen LogP contribution in [0.15, 0.2) is 9.98 Å². The zero-order valence-corrected chi connectivity index (χ0v) is 21.2. The molecule has 0 aromatic heterocycles. The molecular weight excluding hydrogens is 472 g/mol. The molecule has 0 rings (SSSR count). The molecule has 0 radical (unpaired) electrons. The molecule has 36 heavy (non-hydrogen) atoms. The van der Waals surface area contributed by atoms with Crippen LogP contribution in [0.25, 0.3) is 0 Å². The van der Waals surface area contributed by atoms with Gasteiger partial charge in [0.2, 0.25) is 17.7 Å². The molecule has 0 aliphatic carbocycles. The van der Waals surface area contributed by atoms with Gasteiger partial charge in [0.1, 0.15) is 18.1 Å². The second kappa shape index (κ2) is 16.9. The number of carbonyl (C=O) groups excluding carboxylic acids is 3. The van der Waals surface area contributed by atoms with E-state index < -0.39 is 47.9 Å². The third-order valence-corrected chi connectivity index (χ3v) is 5.41. The van der Waals surface area contributed by atoms with Crippen LogP contribution in [0.4, 0.5) is 0 Å². The van der Waals surface area contributed by atoms with E-state index in [0.29, 0.717) is 32.2 Å². The number of carboxylic acids is 1. The molecule has 0 heterocycles.